The van der Waals surface area contributed by atoms with E-state index in [1.807, 2.05) is 0 Å². The third-order valence-electron chi connectivity index (χ3n) is 5.29. The molecule has 1 aliphatic heterocycles. The Labute approximate surface area is 162 Å². The Morgan fingerprint density at radius 3 is 2.71 bits per heavy atom. The molecular formula is C19H22N6O3. The van der Waals surface area contributed by atoms with E-state index < -0.39 is 11.6 Å². The molecule has 0 bridgehead atoms. The maximum absolute atomic E-state index is 12.7. The number of carbonyl (C=O) groups excluding carboxylic acids is 3. The van der Waals surface area contributed by atoms with E-state index in [-0.39, 0.29) is 24.8 Å². The summed E-state index contributed by atoms with van der Waals surface area (Å²) >= 11 is 0. The monoisotopic (exact) mass is 382 g/mol. The Morgan fingerprint density at radius 2 is 2.04 bits per heavy atom. The van der Waals surface area contributed by atoms with Crippen LogP contribution in [-0.4, -0.2) is 49.6 Å². The molecule has 0 aromatic carbocycles. The van der Waals surface area contributed by atoms with Crippen molar-refractivity contribution in [1.29, 1.82) is 0 Å². The molecule has 0 radical (unpaired) electrons. The molecule has 1 aliphatic carbocycles. The van der Waals surface area contributed by atoms with Crippen molar-refractivity contribution in [1.82, 2.24) is 25.0 Å². The fourth-order valence-electron chi connectivity index (χ4n) is 3.81. The largest absolute Gasteiger partial charge is 0.325 e. The first-order valence-electron chi connectivity index (χ1n) is 9.47. The predicted octanol–water partition coefficient (Wildman–Crippen LogP) is 1.85. The Kier molecular flexibility index (Phi) is 4.81. The second-order valence-electron chi connectivity index (χ2n) is 7.18. The zero-order valence-corrected chi connectivity index (χ0v) is 15.4. The van der Waals surface area contributed by atoms with E-state index >= 15 is 0 Å². The van der Waals surface area contributed by atoms with Gasteiger partial charge in [-0.3, -0.25) is 14.5 Å². The van der Waals surface area contributed by atoms with Gasteiger partial charge >= 0.3 is 6.03 Å². The normalized spacial score (nSPS) is 18.4. The Morgan fingerprint density at radius 1 is 1.21 bits per heavy atom. The highest BCUT2D eigenvalue weighted by Gasteiger charge is 2.50. The molecule has 1 spiro atoms. The van der Waals surface area contributed by atoms with Crippen molar-refractivity contribution in [3.63, 3.8) is 0 Å². The van der Waals surface area contributed by atoms with Crippen LogP contribution in [-0.2, 0) is 9.59 Å². The van der Waals surface area contributed by atoms with E-state index in [1.165, 1.54) is 4.90 Å². The molecule has 1 saturated heterocycles. The van der Waals surface area contributed by atoms with E-state index in [1.54, 1.807) is 41.5 Å². The zero-order valence-electron chi connectivity index (χ0n) is 15.4. The summed E-state index contributed by atoms with van der Waals surface area (Å²) in [5.74, 6) is 0.161. The average Bonchev–Trinajstić information content (AvgIpc) is 3.30. The van der Waals surface area contributed by atoms with Crippen LogP contribution in [0, 0.1) is 0 Å². The Balaban J connectivity index is 1.32. The highest BCUT2D eigenvalue weighted by Crippen LogP contribution is 2.33. The van der Waals surface area contributed by atoms with Gasteiger partial charge in [-0.05, 0) is 31.0 Å². The van der Waals surface area contributed by atoms with E-state index in [0.717, 1.165) is 19.3 Å². The molecule has 2 aromatic heterocycles. The van der Waals surface area contributed by atoms with Crippen LogP contribution in [0.5, 0.6) is 0 Å². The van der Waals surface area contributed by atoms with Crippen molar-refractivity contribution in [2.24, 2.45) is 0 Å². The van der Waals surface area contributed by atoms with Crippen molar-refractivity contribution < 1.29 is 14.4 Å². The summed E-state index contributed by atoms with van der Waals surface area (Å²) in [7, 11) is 0. The van der Waals surface area contributed by atoms with Gasteiger partial charge in [-0.15, -0.1) is 0 Å². The predicted molar refractivity (Wildman–Crippen MR) is 101 cm³/mol. The van der Waals surface area contributed by atoms with Crippen LogP contribution in [0.25, 0.3) is 5.82 Å². The van der Waals surface area contributed by atoms with Gasteiger partial charge in [0.05, 0.1) is 11.9 Å². The van der Waals surface area contributed by atoms with Gasteiger partial charge in [0.1, 0.15) is 5.54 Å². The van der Waals surface area contributed by atoms with Gasteiger partial charge in [-0.25, -0.2) is 14.5 Å². The maximum Gasteiger partial charge on any atom is 0.325 e. The van der Waals surface area contributed by atoms with Crippen molar-refractivity contribution >= 4 is 23.5 Å². The van der Waals surface area contributed by atoms with E-state index in [2.05, 4.69) is 20.7 Å². The summed E-state index contributed by atoms with van der Waals surface area (Å²) < 4.78 is 1.62. The standard InChI is InChI=1S/C19H22N6O3/c26-16(22-14-5-6-15(20-13-14)25-11-4-10-21-25)7-12-24-17(27)19(23-18(24)28)8-2-1-3-9-19/h4-6,10-11,13H,1-3,7-9,12H2,(H,22,26)(H,23,28). The quantitative estimate of drug-likeness (QED) is 0.767. The van der Waals surface area contributed by atoms with Gasteiger partial charge in [0.25, 0.3) is 5.91 Å². The number of hydrogen-bond donors (Lipinski definition) is 2. The molecule has 2 aliphatic rings. The molecule has 2 N–H and O–H groups in total. The SMILES string of the molecule is O=C(CCN1C(=O)NC2(CCCCC2)C1=O)Nc1ccc(-n2cccn2)nc1. The second-order valence-corrected chi connectivity index (χ2v) is 7.18. The minimum absolute atomic E-state index is 0.0378. The zero-order chi connectivity index (χ0) is 19.6. The second kappa shape index (κ2) is 7.41. The lowest BCUT2D eigenvalue weighted by Gasteiger charge is -2.30. The van der Waals surface area contributed by atoms with Crippen LogP contribution >= 0.6 is 0 Å². The molecule has 1 saturated carbocycles. The fraction of sp³-hybridized carbons (Fsp3) is 0.421. The van der Waals surface area contributed by atoms with Gasteiger partial charge in [0.15, 0.2) is 5.82 Å². The van der Waals surface area contributed by atoms with Gasteiger partial charge in [-0.2, -0.15) is 5.10 Å². The lowest BCUT2D eigenvalue weighted by molar-refractivity contribution is -0.132. The molecule has 0 atom stereocenters. The van der Waals surface area contributed by atoms with Crippen molar-refractivity contribution in [3.8, 4) is 5.82 Å². The third-order valence-corrected chi connectivity index (χ3v) is 5.29. The molecule has 28 heavy (non-hydrogen) atoms. The van der Waals surface area contributed by atoms with Crippen LogP contribution in [0.15, 0.2) is 36.8 Å². The number of nitrogens with one attached hydrogen (secondary N) is 2. The van der Waals surface area contributed by atoms with Crippen LogP contribution in [0.3, 0.4) is 0 Å². The van der Waals surface area contributed by atoms with Gasteiger partial charge in [-0.1, -0.05) is 19.3 Å². The number of carbonyl (C=O) groups is 3. The fourth-order valence-corrected chi connectivity index (χ4v) is 3.81. The van der Waals surface area contributed by atoms with Gasteiger partial charge in [0.2, 0.25) is 5.91 Å². The summed E-state index contributed by atoms with van der Waals surface area (Å²) in [5.41, 5.74) is -0.209. The highest BCUT2D eigenvalue weighted by atomic mass is 16.2. The third kappa shape index (κ3) is 3.47. The molecular weight excluding hydrogens is 360 g/mol. The number of hydrogen-bond acceptors (Lipinski definition) is 5. The molecule has 9 heteroatoms. The number of amides is 4. The van der Waals surface area contributed by atoms with E-state index in [9.17, 15) is 14.4 Å². The van der Waals surface area contributed by atoms with Crippen molar-refractivity contribution in [3.05, 3.63) is 36.8 Å². The van der Waals surface area contributed by atoms with Crippen LogP contribution in [0.1, 0.15) is 38.5 Å². The summed E-state index contributed by atoms with van der Waals surface area (Å²) in [6.07, 6.45) is 9.31. The minimum atomic E-state index is -0.752. The number of pyridine rings is 1. The van der Waals surface area contributed by atoms with E-state index in [0.29, 0.717) is 24.3 Å². The molecule has 4 amide bonds. The topological polar surface area (TPSA) is 109 Å². The smallest absolute Gasteiger partial charge is 0.325 e. The highest BCUT2D eigenvalue weighted by molar-refractivity contribution is 6.07. The molecule has 2 aromatic rings. The maximum atomic E-state index is 12.7. The van der Waals surface area contributed by atoms with Gasteiger partial charge < -0.3 is 10.6 Å². The molecule has 9 nitrogen and oxygen atoms in total. The summed E-state index contributed by atoms with van der Waals surface area (Å²) in [6.45, 7) is 0.0665. The van der Waals surface area contributed by atoms with Crippen LogP contribution in [0.2, 0.25) is 0 Å². The van der Waals surface area contributed by atoms with Gasteiger partial charge in [0, 0.05) is 25.4 Å². The van der Waals surface area contributed by atoms with Crippen molar-refractivity contribution in [2.45, 2.75) is 44.1 Å². The first-order chi connectivity index (χ1) is 13.6. The summed E-state index contributed by atoms with van der Waals surface area (Å²) in [4.78, 5) is 42.6. The van der Waals surface area contributed by atoms with Crippen LogP contribution < -0.4 is 10.6 Å². The van der Waals surface area contributed by atoms with E-state index in [4.69, 9.17) is 0 Å². The molecule has 146 valence electrons. The number of aromatic nitrogens is 3. The number of imide groups is 1. The lowest BCUT2D eigenvalue weighted by Crippen LogP contribution is -2.48. The summed E-state index contributed by atoms with van der Waals surface area (Å²) in [5, 5.41) is 9.68. The van der Waals surface area contributed by atoms with Crippen molar-refractivity contribution in [2.75, 3.05) is 11.9 Å². The lowest BCUT2D eigenvalue weighted by atomic mass is 9.82. The number of rotatable bonds is 5. The number of anilines is 1. The minimum Gasteiger partial charge on any atom is -0.325 e. The first kappa shape index (κ1) is 18.1. The number of urea groups is 1. The first-order valence-corrected chi connectivity index (χ1v) is 9.47. The number of nitrogens with zero attached hydrogens (tertiary/aromatic N) is 4. The molecule has 4 rings (SSSR count). The van der Waals surface area contributed by atoms with Crippen LogP contribution in [0.4, 0.5) is 10.5 Å². The Bertz CT molecular complexity index is 872. The average molecular weight is 382 g/mol. The molecule has 0 unspecified atom stereocenters. The Hall–Kier alpha value is -3.23. The summed E-state index contributed by atoms with van der Waals surface area (Å²) in [6, 6.07) is 4.87. The molecule has 3 heterocycles. The molecule has 2 fully saturated rings.